The van der Waals surface area contributed by atoms with Gasteiger partial charge in [-0.05, 0) is 18.1 Å². The van der Waals surface area contributed by atoms with E-state index >= 15 is 0 Å². The van der Waals surface area contributed by atoms with Crippen LogP contribution in [-0.2, 0) is 0 Å². The molecule has 1 rings (SSSR count). The molecule has 5 heteroatoms. The standard InChI is InChI=1S/C13H21NO3.ClH/c1-8(2)13(15)12(14)10-6-5-9(16-3)7-11(10)17-4;/h5-8,12-13,15H,14H2,1-4H3;1H/t12-,13+;/m1./s1. The Morgan fingerprint density at radius 2 is 1.78 bits per heavy atom. The Kier molecular flexibility index (Phi) is 7.06. The zero-order valence-corrected chi connectivity index (χ0v) is 12.0. The van der Waals surface area contributed by atoms with Gasteiger partial charge >= 0.3 is 0 Å². The number of hydrogen-bond acceptors (Lipinski definition) is 4. The third-order valence-corrected chi connectivity index (χ3v) is 2.85. The third-order valence-electron chi connectivity index (χ3n) is 2.85. The first-order valence-corrected chi connectivity index (χ1v) is 5.66. The molecular formula is C13H22ClNO3. The molecular weight excluding hydrogens is 254 g/mol. The van der Waals surface area contributed by atoms with Crippen molar-refractivity contribution in [2.45, 2.75) is 26.0 Å². The van der Waals surface area contributed by atoms with Crippen LogP contribution in [0.5, 0.6) is 11.5 Å². The number of nitrogens with two attached hydrogens (primary N) is 1. The number of rotatable bonds is 5. The lowest BCUT2D eigenvalue weighted by molar-refractivity contribution is 0.0969. The van der Waals surface area contributed by atoms with E-state index < -0.39 is 12.1 Å². The number of benzene rings is 1. The molecule has 3 N–H and O–H groups in total. The van der Waals surface area contributed by atoms with Crippen molar-refractivity contribution in [2.24, 2.45) is 11.7 Å². The molecule has 0 unspecified atom stereocenters. The van der Waals surface area contributed by atoms with E-state index in [1.165, 1.54) is 0 Å². The van der Waals surface area contributed by atoms with Crippen molar-refractivity contribution in [1.82, 2.24) is 0 Å². The van der Waals surface area contributed by atoms with Crippen LogP contribution >= 0.6 is 12.4 Å². The van der Waals surface area contributed by atoms with Gasteiger partial charge in [-0.2, -0.15) is 0 Å². The maximum absolute atomic E-state index is 9.98. The Morgan fingerprint density at radius 3 is 2.22 bits per heavy atom. The highest BCUT2D eigenvalue weighted by atomic mass is 35.5. The fourth-order valence-corrected chi connectivity index (χ4v) is 1.69. The number of halogens is 1. The van der Waals surface area contributed by atoms with Crippen molar-refractivity contribution in [2.75, 3.05) is 14.2 Å². The van der Waals surface area contributed by atoms with Gasteiger partial charge in [0.25, 0.3) is 0 Å². The van der Waals surface area contributed by atoms with Crippen molar-refractivity contribution >= 4 is 12.4 Å². The van der Waals surface area contributed by atoms with E-state index in [0.29, 0.717) is 11.5 Å². The van der Waals surface area contributed by atoms with Crippen LogP contribution in [0.15, 0.2) is 18.2 Å². The molecule has 0 aromatic heterocycles. The first-order chi connectivity index (χ1) is 8.01. The second kappa shape index (κ2) is 7.46. The summed E-state index contributed by atoms with van der Waals surface area (Å²) in [6.07, 6.45) is -0.600. The molecule has 1 aromatic carbocycles. The summed E-state index contributed by atoms with van der Waals surface area (Å²) in [6.45, 7) is 3.86. The van der Waals surface area contributed by atoms with Crippen molar-refractivity contribution in [1.29, 1.82) is 0 Å². The number of aliphatic hydroxyl groups excluding tert-OH is 1. The second-order valence-electron chi connectivity index (χ2n) is 4.37. The number of hydrogen-bond donors (Lipinski definition) is 2. The topological polar surface area (TPSA) is 64.7 Å². The van der Waals surface area contributed by atoms with Gasteiger partial charge < -0.3 is 20.3 Å². The molecule has 0 aliphatic carbocycles. The summed E-state index contributed by atoms with van der Waals surface area (Å²) in [5.41, 5.74) is 6.82. The molecule has 0 saturated carbocycles. The average Bonchev–Trinajstić information content (AvgIpc) is 2.35. The molecule has 0 saturated heterocycles. The first-order valence-electron chi connectivity index (χ1n) is 5.66. The molecule has 0 amide bonds. The maximum Gasteiger partial charge on any atom is 0.127 e. The van der Waals surface area contributed by atoms with E-state index in [-0.39, 0.29) is 18.3 Å². The highest BCUT2D eigenvalue weighted by molar-refractivity contribution is 5.85. The summed E-state index contributed by atoms with van der Waals surface area (Å²) in [7, 11) is 3.17. The summed E-state index contributed by atoms with van der Waals surface area (Å²) in [4.78, 5) is 0. The highest BCUT2D eigenvalue weighted by Gasteiger charge is 2.23. The van der Waals surface area contributed by atoms with Crippen LogP contribution in [0, 0.1) is 5.92 Å². The smallest absolute Gasteiger partial charge is 0.127 e. The van der Waals surface area contributed by atoms with Crippen molar-refractivity contribution in [3.8, 4) is 11.5 Å². The molecule has 0 spiro atoms. The molecule has 4 nitrogen and oxygen atoms in total. The van der Waals surface area contributed by atoms with Crippen LogP contribution in [0.1, 0.15) is 25.5 Å². The Bertz CT molecular complexity index is 371. The predicted molar refractivity (Wildman–Crippen MR) is 74.6 cm³/mol. The van der Waals surface area contributed by atoms with Crippen molar-refractivity contribution in [3.05, 3.63) is 23.8 Å². The van der Waals surface area contributed by atoms with Crippen molar-refractivity contribution < 1.29 is 14.6 Å². The summed E-state index contributed by atoms with van der Waals surface area (Å²) < 4.78 is 10.4. The van der Waals surface area contributed by atoms with Gasteiger partial charge in [0.05, 0.1) is 26.4 Å². The number of methoxy groups -OCH3 is 2. The minimum Gasteiger partial charge on any atom is -0.497 e. The molecule has 0 aliphatic rings. The van der Waals surface area contributed by atoms with Crippen molar-refractivity contribution in [3.63, 3.8) is 0 Å². The molecule has 18 heavy (non-hydrogen) atoms. The van der Waals surface area contributed by atoms with Gasteiger partial charge in [0.15, 0.2) is 0 Å². The van der Waals surface area contributed by atoms with Gasteiger partial charge in [0.2, 0.25) is 0 Å². The fraction of sp³-hybridized carbons (Fsp3) is 0.538. The fourth-order valence-electron chi connectivity index (χ4n) is 1.69. The van der Waals surface area contributed by atoms with Crippen LogP contribution in [0.2, 0.25) is 0 Å². The molecule has 2 atom stereocenters. The Hall–Kier alpha value is -0.970. The zero-order valence-electron chi connectivity index (χ0n) is 11.2. The van der Waals surface area contributed by atoms with E-state index in [2.05, 4.69) is 0 Å². The van der Waals surface area contributed by atoms with Crippen LogP contribution in [0.4, 0.5) is 0 Å². The van der Waals surface area contributed by atoms with E-state index in [4.69, 9.17) is 15.2 Å². The monoisotopic (exact) mass is 275 g/mol. The summed E-state index contributed by atoms with van der Waals surface area (Å²) in [6, 6.07) is 4.94. The predicted octanol–water partition coefficient (Wildman–Crippen LogP) is 2.14. The van der Waals surface area contributed by atoms with Gasteiger partial charge in [-0.1, -0.05) is 13.8 Å². The Balaban J connectivity index is 0.00000289. The molecule has 0 aliphatic heterocycles. The summed E-state index contributed by atoms with van der Waals surface area (Å²) >= 11 is 0. The average molecular weight is 276 g/mol. The molecule has 104 valence electrons. The minimum atomic E-state index is -0.600. The second-order valence-corrected chi connectivity index (χ2v) is 4.37. The summed E-state index contributed by atoms with van der Waals surface area (Å²) in [5.74, 6) is 1.44. The van der Waals surface area contributed by atoms with Gasteiger partial charge in [-0.15, -0.1) is 12.4 Å². The molecule has 0 heterocycles. The lowest BCUT2D eigenvalue weighted by Crippen LogP contribution is -2.30. The van der Waals surface area contributed by atoms with Gasteiger partial charge in [-0.3, -0.25) is 0 Å². The van der Waals surface area contributed by atoms with Crippen LogP contribution < -0.4 is 15.2 Å². The van der Waals surface area contributed by atoms with E-state index in [0.717, 1.165) is 5.56 Å². The highest BCUT2D eigenvalue weighted by Crippen LogP contribution is 2.31. The van der Waals surface area contributed by atoms with Crippen LogP contribution in [0.25, 0.3) is 0 Å². The zero-order chi connectivity index (χ0) is 13.0. The SMILES string of the molecule is COc1ccc([C@@H](N)[C@@H](O)C(C)C)c(OC)c1.Cl. The van der Waals surface area contributed by atoms with E-state index in [9.17, 15) is 5.11 Å². The quantitative estimate of drug-likeness (QED) is 0.864. The molecule has 1 aromatic rings. The number of aliphatic hydroxyl groups is 1. The molecule has 0 bridgehead atoms. The summed E-state index contributed by atoms with van der Waals surface area (Å²) in [5, 5.41) is 9.98. The lowest BCUT2D eigenvalue weighted by Gasteiger charge is -2.24. The van der Waals surface area contributed by atoms with Gasteiger partial charge in [-0.25, -0.2) is 0 Å². The van der Waals surface area contributed by atoms with Crippen LogP contribution in [-0.4, -0.2) is 25.4 Å². The van der Waals surface area contributed by atoms with Gasteiger partial charge in [0.1, 0.15) is 11.5 Å². The number of ether oxygens (including phenoxy) is 2. The third kappa shape index (κ3) is 3.77. The maximum atomic E-state index is 9.98. The molecule has 0 fully saturated rings. The van der Waals surface area contributed by atoms with Crippen LogP contribution in [0.3, 0.4) is 0 Å². The van der Waals surface area contributed by atoms with E-state index in [1.807, 2.05) is 26.0 Å². The Labute approximate surface area is 115 Å². The van der Waals surface area contributed by atoms with Gasteiger partial charge in [0, 0.05) is 11.6 Å². The normalized spacial score (nSPS) is 13.7. The van der Waals surface area contributed by atoms with E-state index in [1.54, 1.807) is 20.3 Å². The molecule has 0 radical (unpaired) electrons. The largest absolute Gasteiger partial charge is 0.497 e. The minimum absolute atomic E-state index is 0. The lowest BCUT2D eigenvalue weighted by atomic mass is 9.94. The Morgan fingerprint density at radius 1 is 1.17 bits per heavy atom. The first kappa shape index (κ1) is 17.0.